The molecule has 0 aromatic heterocycles. The van der Waals surface area contributed by atoms with Crippen LogP contribution in [0.3, 0.4) is 0 Å². The molecule has 0 spiro atoms. The normalized spacial score (nSPS) is 14.2. The van der Waals surface area contributed by atoms with Gasteiger partial charge in [-0.25, -0.2) is 4.39 Å². The van der Waals surface area contributed by atoms with E-state index < -0.39 is 23.9 Å². The summed E-state index contributed by atoms with van der Waals surface area (Å²) in [5, 5.41) is 12.6. The fourth-order valence-corrected chi connectivity index (χ4v) is 2.34. The summed E-state index contributed by atoms with van der Waals surface area (Å²) in [6.07, 6.45) is -1.10. The number of rotatable bonds is 6. The van der Waals surface area contributed by atoms with Crippen molar-refractivity contribution in [1.82, 2.24) is 5.32 Å². The monoisotopic (exact) mass is 352 g/mol. The third-order valence-electron chi connectivity index (χ3n) is 3.87. The number of amides is 1. The Hall–Kier alpha value is -1.95. The number of carbonyl (C=O) groups excluding carboxylic acids is 1. The second kappa shape index (κ2) is 9.37. The molecule has 0 radical (unpaired) electrons. The van der Waals surface area contributed by atoms with E-state index in [4.69, 9.17) is 5.73 Å². The molecule has 130 valence electrons. The van der Waals surface area contributed by atoms with Gasteiger partial charge >= 0.3 is 0 Å². The number of hydrogen-bond acceptors (Lipinski definition) is 3. The summed E-state index contributed by atoms with van der Waals surface area (Å²) in [6.45, 7) is 1.66. The average Bonchev–Trinajstić information content (AvgIpc) is 2.59. The second-order valence-electron chi connectivity index (χ2n) is 5.51. The van der Waals surface area contributed by atoms with Crippen LogP contribution in [0.4, 0.5) is 4.39 Å². The van der Waals surface area contributed by atoms with Crippen LogP contribution in [0.15, 0.2) is 54.6 Å². The van der Waals surface area contributed by atoms with Crippen LogP contribution in [0.1, 0.15) is 30.2 Å². The molecule has 24 heavy (non-hydrogen) atoms. The molecule has 0 aliphatic heterocycles. The number of nitrogens with two attached hydrogens (primary N) is 1. The first-order valence-electron chi connectivity index (χ1n) is 7.51. The van der Waals surface area contributed by atoms with Crippen LogP contribution in [-0.4, -0.2) is 17.6 Å². The van der Waals surface area contributed by atoms with Crippen LogP contribution in [0.2, 0.25) is 0 Å². The van der Waals surface area contributed by atoms with Crippen molar-refractivity contribution >= 4 is 18.3 Å². The Bertz CT molecular complexity index is 654. The molecule has 2 aromatic carbocycles. The zero-order valence-corrected chi connectivity index (χ0v) is 14.2. The number of hydrogen-bond donors (Lipinski definition) is 3. The number of halogens is 2. The van der Waals surface area contributed by atoms with Gasteiger partial charge in [0, 0.05) is 18.2 Å². The molecule has 2 aromatic rings. The minimum absolute atomic E-state index is 0. The lowest BCUT2D eigenvalue weighted by molar-refractivity contribution is -0.125. The summed E-state index contributed by atoms with van der Waals surface area (Å²) in [5.41, 5.74) is 7.12. The van der Waals surface area contributed by atoms with Crippen molar-refractivity contribution < 1.29 is 14.3 Å². The minimum Gasteiger partial charge on any atom is -0.386 e. The SMILES string of the molecule is CC(C(=O)NCC(O)c1ccccc1F)C(N)c1ccccc1.Cl. The van der Waals surface area contributed by atoms with Gasteiger partial charge in [-0.2, -0.15) is 0 Å². The smallest absolute Gasteiger partial charge is 0.224 e. The van der Waals surface area contributed by atoms with Gasteiger partial charge in [-0.3, -0.25) is 4.79 Å². The van der Waals surface area contributed by atoms with Gasteiger partial charge in [0.15, 0.2) is 0 Å². The lowest BCUT2D eigenvalue weighted by Gasteiger charge is -2.21. The molecule has 0 aliphatic carbocycles. The fourth-order valence-electron chi connectivity index (χ4n) is 2.34. The number of nitrogens with one attached hydrogen (secondary N) is 1. The molecule has 3 unspecified atom stereocenters. The molecule has 2 rings (SSSR count). The Labute approximate surface area is 147 Å². The molecule has 4 N–H and O–H groups in total. The van der Waals surface area contributed by atoms with E-state index in [1.807, 2.05) is 30.3 Å². The molecular formula is C18H22ClFN2O2. The van der Waals surface area contributed by atoms with E-state index in [0.29, 0.717) is 0 Å². The molecule has 0 fully saturated rings. The summed E-state index contributed by atoms with van der Waals surface area (Å²) in [6, 6.07) is 14.8. The molecule has 4 nitrogen and oxygen atoms in total. The van der Waals surface area contributed by atoms with Crippen LogP contribution in [-0.2, 0) is 4.79 Å². The highest BCUT2D eigenvalue weighted by Gasteiger charge is 2.23. The third kappa shape index (κ3) is 5.03. The quantitative estimate of drug-likeness (QED) is 0.748. The molecule has 3 atom stereocenters. The van der Waals surface area contributed by atoms with E-state index in [1.165, 1.54) is 12.1 Å². The largest absolute Gasteiger partial charge is 0.386 e. The molecule has 0 aliphatic rings. The third-order valence-corrected chi connectivity index (χ3v) is 3.87. The van der Waals surface area contributed by atoms with E-state index in [9.17, 15) is 14.3 Å². The first-order valence-corrected chi connectivity index (χ1v) is 7.51. The summed E-state index contributed by atoms with van der Waals surface area (Å²) >= 11 is 0. The maximum Gasteiger partial charge on any atom is 0.224 e. The highest BCUT2D eigenvalue weighted by atomic mass is 35.5. The molecule has 6 heteroatoms. The van der Waals surface area contributed by atoms with Crippen molar-refractivity contribution in [2.45, 2.75) is 19.1 Å². The minimum atomic E-state index is -1.10. The predicted molar refractivity (Wildman–Crippen MR) is 94.2 cm³/mol. The van der Waals surface area contributed by atoms with Crippen LogP contribution in [0.25, 0.3) is 0 Å². The van der Waals surface area contributed by atoms with Crippen molar-refractivity contribution in [2.24, 2.45) is 11.7 Å². The van der Waals surface area contributed by atoms with Crippen LogP contribution in [0, 0.1) is 11.7 Å². The van der Waals surface area contributed by atoms with Gasteiger partial charge < -0.3 is 16.2 Å². The number of aliphatic hydroxyl groups excluding tert-OH is 1. The molecule has 0 heterocycles. The molecule has 0 saturated heterocycles. The molecular weight excluding hydrogens is 331 g/mol. The maximum absolute atomic E-state index is 13.6. The van der Waals surface area contributed by atoms with E-state index >= 15 is 0 Å². The Morgan fingerprint density at radius 2 is 1.75 bits per heavy atom. The van der Waals surface area contributed by atoms with Crippen molar-refractivity contribution in [3.05, 3.63) is 71.5 Å². The van der Waals surface area contributed by atoms with Gasteiger partial charge in [0.05, 0.1) is 12.0 Å². The first-order chi connectivity index (χ1) is 11.0. The zero-order valence-electron chi connectivity index (χ0n) is 13.4. The lowest BCUT2D eigenvalue weighted by atomic mass is 9.94. The lowest BCUT2D eigenvalue weighted by Crippen LogP contribution is -2.37. The summed E-state index contributed by atoms with van der Waals surface area (Å²) in [5.74, 6) is -1.25. The van der Waals surface area contributed by atoms with Crippen molar-refractivity contribution in [3.63, 3.8) is 0 Å². The number of carbonyl (C=O) groups is 1. The van der Waals surface area contributed by atoms with Gasteiger partial charge in [0.2, 0.25) is 5.91 Å². The second-order valence-corrected chi connectivity index (χ2v) is 5.51. The highest BCUT2D eigenvalue weighted by Crippen LogP contribution is 2.20. The van der Waals surface area contributed by atoms with E-state index in [0.717, 1.165) is 5.56 Å². The van der Waals surface area contributed by atoms with Gasteiger partial charge in [-0.1, -0.05) is 55.5 Å². The fraction of sp³-hybridized carbons (Fsp3) is 0.278. The van der Waals surface area contributed by atoms with Gasteiger partial charge in [-0.15, -0.1) is 12.4 Å². The summed E-state index contributed by atoms with van der Waals surface area (Å²) in [4.78, 5) is 12.2. The van der Waals surface area contributed by atoms with Crippen LogP contribution in [0.5, 0.6) is 0 Å². The van der Waals surface area contributed by atoms with E-state index in [2.05, 4.69) is 5.32 Å². The zero-order chi connectivity index (χ0) is 16.8. The molecule has 0 saturated carbocycles. The van der Waals surface area contributed by atoms with Crippen molar-refractivity contribution in [1.29, 1.82) is 0 Å². The van der Waals surface area contributed by atoms with Crippen LogP contribution < -0.4 is 11.1 Å². The Morgan fingerprint density at radius 3 is 2.38 bits per heavy atom. The van der Waals surface area contributed by atoms with E-state index in [-0.39, 0.29) is 30.4 Å². The van der Waals surface area contributed by atoms with Crippen molar-refractivity contribution in [3.8, 4) is 0 Å². The predicted octanol–water partition coefficient (Wildman–Crippen LogP) is 2.73. The Morgan fingerprint density at radius 1 is 1.17 bits per heavy atom. The van der Waals surface area contributed by atoms with Gasteiger partial charge in [0.1, 0.15) is 5.82 Å². The number of aliphatic hydroxyl groups is 1. The average molecular weight is 353 g/mol. The van der Waals surface area contributed by atoms with Crippen LogP contribution >= 0.6 is 12.4 Å². The molecule has 0 bridgehead atoms. The van der Waals surface area contributed by atoms with Gasteiger partial charge in [-0.05, 0) is 11.6 Å². The highest BCUT2D eigenvalue weighted by molar-refractivity contribution is 5.85. The standard InChI is InChI=1S/C18H21FN2O2.ClH/c1-12(17(20)13-7-3-2-4-8-13)18(23)21-11-16(22)14-9-5-6-10-15(14)19;/h2-10,12,16-17,22H,11,20H2,1H3,(H,21,23);1H. The maximum atomic E-state index is 13.6. The Kier molecular flexibility index (Phi) is 7.85. The van der Waals surface area contributed by atoms with Crippen molar-refractivity contribution in [2.75, 3.05) is 6.54 Å². The topological polar surface area (TPSA) is 75.3 Å². The first kappa shape index (κ1) is 20.1. The molecule has 1 amide bonds. The number of benzene rings is 2. The summed E-state index contributed by atoms with van der Waals surface area (Å²) in [7, 11) is 0. The summed E-state index contributed by atoms with van der Waals surface area (Å²) < 4.78 is 13.6. The van der Waals surface area contributed by atoms with E-state index in [1.54, 1.807) is 19.1 Å². The van der Waals surface area contributed by atoms with Gasteiger partial charge in [0.25, 0.3) is 0 Å². The Balaban J connectivity index is 0.00000288.